The third kappa shape index (κ3) is 5.83. The Balaban J connectivity index is 1.82. The molecule has 2 aromatic rings. The van der Waals surface area contributed by atoms with Crippen molar-refractivity contribution in [2.75, 3.05) is 25.6 Å². The van der Waals surface area contributed by atoms with E-state index in [4.69, 9.17) is 32.7 Å². The van der Waals surface area contributed by atoms with E-state index in [0.29, 0.717) is 34.4 Å². The van der Waals surface area contributed by atoms with Crippen LogP contribution in [0.3, 0.4) is 0 Å². The highest BCUT2D eigenvalue weighted by atomic mass is 35.5. The van der Waals surface area contributed by atoms with E-state index in [-0.39, 0.29) is 0 Å². The number of ether oxygens (including phenoxy) is 2. The number of carbonyl (C=O) groups excluding carboxylic acids is 1. The van der Waals surface area contributed by atoms with E-state index >= 15 is 0 Å². The van der Waals surface area contributed by atoms with Crippen molar-refractivity contribution in [3.05, 3.63) is 57.6 Å². The monoisotopic (exact) mass is 381 g/mol. The molecule has 2 rings (SSSR count). The molecule has 2 aromatic carbocycles. The number of anilines is 1. The van der Waals surface area contributed by atoms with Gasteiger partial charge in [-0.1, -0.05) is 35.3 Å². The highest BCUT2D eigenvalue weighted by Crippen LogP contribution is 2.30. The van der Waals surface area contributed by atoms with Crippen molar-refractivity contribution < 1.29 is 14.3 Å². The smallest absolute Gasteiger partial charge is 0.340 e. The molecule has 0 fully saturated rings. The van der Waals surface area contributed by atoms with E-state index in [0.717, 1.165) is 18.6 Å². The second-order valence-electron chi connectivity index (χ2n) is 5.60. The van der Waals surface area contributed by atoms with Gasteiger partial charge < -0.3 is 14.8 Å². The molecule has 0 amide bonds. The lowest BCUT2D eigenvalue weighted by molar-refractivity contribution is 0.0602. The summed E-state index contributed by atoms with van der Waals surface area (Å²) >= 11 is 12.1. The van der Waals surface area contributed by atoms with Crippen molar-refractivity contribution in [3.8, 4) is 5.75 Å². The molecule has 0 bridgehead atoms. The van der Waals surface area contributed by atoms with Gasteiger partial charge in [0.1, 0.15) is 5.75 Å². The maximum atomic E-state index is 11.9. The number of nitrogens with one attached hydrogen (secondary N) is 1. The number of benzene rings is 2. The number of carbonyl (C=O) groups is 1. The molecule has 0 unspecified atom stereocenters. The van der Waals surface area contributed by atoms with Crippen LogP contribution in [-0.2, 0) is 4.74 Å². The fourth-order valence-electron chi connectivity index (χ4n) is 2.36. The Labute approximate surface area is 158 Å². The van der Waals surface area contributed by atoms with E-state index < -0.39 is 5.97 Å². The van der Waals surface area contributed by atoms with Crippen LogP contribution in [-0.4, -0.2) is 26.2 Å². The molecule has 6 heteroatoms. The number of halogens is 2. The quantitative estimate of drug-likeness (QED) is 0.493. The van der Waals surface area contributed by atoms with Gasteiger partial charge in [-0.05, 0) is 49.6 Å². The predicted octanol–water partition coefficient (Wildman–Crippen LogP) is 5.36. The third-order valence-electron chi connectivity index (χ3n) is 3.59. The van der Waals surface area contributed by atoms with Crippen LogP contribution in [0.5, 0.6) is 5.75 Å². The van der Waals surface area contributed by atoms with Gasteiger partial charge in [-0.2, -0.15) is 0 Å². The molecule has 0 aliphatic rings. The second-order valence-corrected chi connectivity index (χ2v) is 6.44. The zero-order valence-corrected chi connectivity index (χ0v) is 15.8. The van der Waals surface area contributed by atoms with Crippen LogP contribution in [0.2, 0.25) is 10.0 Å². The highest BCUT2D eigenvalue weighted by molar-refractivity contribution is 6.37. The van der Waals surface area contributed by atoms with Crippen LogP contribution in [0.25, 0.3) is 0 Å². The standard InChI is InChI=1S/C19H21Cl2NO3/c1-13-6-5-7-15(10-13)25-9-4-3-8-22-18-16(19(23)24-2)11-14(20)12-17(18)21/h5-7,10-12,22H,3-4,8-9H2,1-2H3. The summed E-state index contributed by atoms with van der Waals surface area (Å²) in [6.45, 7) is 3.32. The fourth-order valence-corrected chi connectivity index (χ4v) is 2.92. The van der Waals surface area contributed by atoms with Gasteiger partial charge in [0, 0.05) is 11.6 Å². The average Bonchev–Trinajstić information content (AvgIpc) is 2.58. The minimum absolute atomic E-state index is 0.330. The van der Waals surface area contributed by atoms with E-state index in [9.17, 15) is 4.79 Å². The SMILES string of the molecule is COC(=O)c1cc(Cl)cc(Cl)c1NCCCCOc1cccc(C)c1. The van der Waals surface area contributed by atoms with Crippen LogP contribution < -0.4 is 10.1 Å². The predicted molar refractivity (Wildman–Crippen MR) is 102 cm³/mol. The van der Waals surface area contributed by atoms with Crippen molar-refractivity contribution in [3.63, 3.8) is 0 Å². The summed E-state index contributed by atoms with van der Waals surface area (Å²) in [5, 5.41) is 3.97. The summed E-state index contributed by atoms with van der Waals surface area (Å²) in [7, 11) is 1.32. The van der Waals surface area contributed by atoms with E-state index in [1.54, 1.807) is 12.1 Å². The van der Waals surface area contributed by atoms with Crippen molar-refractivity contribution in [1.29, 1.82) is 0 Å². The Kier molecular flexibility index (Phi) is 7.41. The molecule has 0 atom stereocenters. The molecule has 4 nitrogen and oxygen atoms in total. The third-order valence-corrected chi connectivity index (χ3v) is 4.11. The molecule has 25 heavy (non-hydrogen) atoms. The van der Waals surface area contributed by atoms with Crippen LogP contribution in [0.15, 0.2) is 36.4 Å². The summed E-state index contributed by atoms with van der Waals surface area (Å²) in [5.41, 5.74) is 2.04. The van der Waals surface area contributed by atoms with Crippen molar-refractivity contribution in [1.82, 2.24) is 0 Å². The molecule has 0 aromatic heterocycles. The Morgan fingerprint density at radius 3 is 2.68 bits per heavy atom. The number of hydrogen-bond donors (Lipinski definition) is 1. The first kappa shape index (κ1) is 19.4. The Morgan fingerprint density at radius 1 is 1.16 bits per heavy atom. The molecule has 0 saturated carbocycles. The first-order valence-corrected chi connectivity index (χ1v) is 8.77. The largest absolute Gasteiger partial charge is 0.494 e. The molecular weight excluding hydrogens is 361 g/mol. The summed E-state index contributed by atoms with van der Waals surface area (Å²) < 4.78 is 10.5. The van der Waals surface area contributed by atoms with Gasteiger partial charge in [-0.25, -0.2) is 4.79 Å². The number of unbranched alkanes of at least 4 members (excludes halogenated alkanes) is 1. The number of hydrogen-bond acceptors (Lipinski definition) is 4. The first-order valence-electron chi connectivity index (χ1n) is 8.02. The Bertz CT molecular complexity index is 735. The first-order chi connectivity index (χ1) is 12.0. The van der Waals surface area contributed by atoms with Crippen molar-refractivity contribution in [2.24, 2.45) is 0 Å². The summed E-state index contributed by atoms with van der Waals surface area (Å²) in [5.74, 6) is 0.399. The van der Waals surface area contributed by atoms with Gasteiger partial charge in [0.25, 0.3) is 0 Å². The van der Waals surface area contributed by atoms with Crippen LogP contribution in [0.4, 0.5) is 5.69 Å². The molecule has 0 saturated heterocycles. The number of aryl methyl sites for hydroxylation is 1. The zero-order chi connectivity index (χ0) is 18.2. The molecule has 1 N–H and O–H groups in total. The highest BCUT2D eigenvalue weighted by Gasteiger charge is 2.16. The minimum Gasteiger partial charge on any atom is -0.494 e. The lowest BCUT2D eigenvalue weighted by Gasteiger charge is -2.13. The average molecular weight is 382 g/mol. The van der Waals surface area contributed by atoms with Crippen molar-refractivity contribution >= 4 is 34.9 Å². The van der Waals surface area contributed by atoms with Crippen LogP contribution >= 0.6 is 23.2 Å². The van der Waals surface area contributed by atoms with Gasteiger partial charge >= 0.3 is 5.97 Å². The van der Waals surface area contributed by atoms with Gasteiger partial charge in [0.15, 0.2) is 0 Å². The second kappa shape index (κ2) is 9.54. The van der Waals surface area contributed by atoms with Gasteiger partial charge in [-0.3, -0.25) is 0 Å². The van der Waals surface area contributed by atoms with Gasteiger partial charge in [0.2, 0.25) is 0 Å². The van der Waals surface area contributed by atoms with E-state index in [1.807, 2.05) is 31.2 Å². The van der Waals surface area contributed by atoms with E-state index in [2.05, 4.69) is 5.32 Å². The minimum atomic E-state index is -0.477. The molecule has 134 valence electrons. The number of esters is 1. The Morgan fingerprint density at radius 2 is 1.96 bits per heavy atom. The maximum Gasteiger partial charge on any atom is 0.340 e. The Hall–Kier alpha value is -1.91. The van der Waals surface area contributed by atoms with E-state index in [1.165, 1.54) is 12.7 Å². The molecule has 0 spiro atoms. The number of rotatable bonds is 8. The normalized spacial score (nSPS) is 10.4. The van der Waals surface area contributed by atoms with Gasteiger partial charge in [0.05, 0.1) is 30.0 Å². The lowest BCUT2D eigenvalue weighted by Crippen LogP contribution is -2.11. The molecule has 0 aliphatic carbocycles. The maximum absolute atomic E-state index is 11.9. The topological polar surface area (TPSA) is 47.6 Å². The number of methoxy groups -OCH3 is 1. The summed E-state index contributed by atoms with van der Waals surface area (Å²) in [6.07, 6.45) is 1.74. The lowest BCUT2D eigenvalue weighted by atomic mass is 10.1. The molecule has 0 aliphatic heterocycles. The summed E-state index contributed by atoms with van der Waals surface area (Å²) in [6, 6.07) is 11.1. The fraction of sp³-hybridized carbons (Fsp3) is 0.316. The molecular formula is C19H21Cl2NO3. The molecule has 0 radical (unpaired) electrons. The van der Waals surface area contributed by atoms with Crippen LogP contribution in [0, 0.1) is 6.92 Å². The summed E-state index contributed by atoms with van der Waals surface area (Å²) in [4.78, 5) is 11.9. The van der Waals surface area contributed by atoms with Gasteiger partial charge in [-0.15, -0.1) is 0 Å². The van der Waals surface area contributed by atoms with Crippen LogP contribution in [0.1, 0.15) is 28.8 Å². The van der Waals surface area contributed by atoms with Crippen molar-refractivity contribution in [2.45, 2.75) is 19.8 Å². The zero-order valence-electron chi connectivity index (χ0n) is 14.3. The molecule has 0 heterocycles.